The summed E-state index contributed by atoms with van der Waals surface area (Å²) in [5.41, 5.74) is 5.71. The maximum absolute atomic E-state index is 12.3. The van der Waals surface area contributed by atoms with Crippen molar-refractivity contribution >= 4 is 38.9 Å². The number of nitrogens with zero attached hydrogens (tertiary/aromatic N) is 1. The molecule has 1 aromatic rings. The predicted molar refractivity (Wildman–Crippen MR) is 70.3 cm³/mol. The zero-order valence-electron chi connectivity index (χ0n) is 9.31. The topological polar surface area (TPSA) is 83.6 Å². The Hall–Kier alpha value is -0.530. The summed E-state index contributed by atoms with van der Waals surface area (Å²) in [6.07, 6.45) is -0.199. The Kier molecular flexibility index (Phi) is 3.75. The molecule has 0 bridgehead atoms. The van der Waals surface area contributed by atoms with Gasteiger partial charge in [-0.2, -0.15) is 4.31 Å². The molecule has 5 nitrogen and oxygen atoms in total. The van der Waals surface area contributed by atoms with Crippen molar-refractivity contribution in [3.8, 4) is 0 Å². The SMILES string of the molecule is Nc1c(Cl)cc(S(=O)(=O)N2CC[C@H](O)C2)cc1Cl. The second-order valence-corrected chi connectivity index (χ2v) is 6.86. The number of aliphatic hydroxyl groups is 1. The van der Waals surface area contributed by atoms with E-state index in [9.17, 15) is 13.5 Å². The molecule has 1 saturated heterocycles. The minimum Gasteiger partial charge on any atom is -0.396 e. The van der Waals surface area contributed by atoms with E-state index in [0.29, 0.717) is 6.42 Å². The van der Waals surface area contributed by atoms with Crippen molar-refractivity contribution in [1.29, 1.82) is 0 Å². The molecule has 1 fully saturated rings. The number of hydrogen-bond donors (Lipinski definition) is 2. The van der Waals surface area contributed by atoms with Crippen molar-refractivity contribution in [2.75, 3.05) is 18.8 Å². The van der Waals surface area contributed by atoms with E-state index in [1.165, 1.54) is 16.4 Å². The van der Waals surface area contributed by atoms with Gasteiger partial charge in [-0.3, -0.25) is 0 Å². The summed E-state index contributed by atoms with van der Waals surface area (Å²) >= 11 is 11.6. The Balaban J connectivity index is 2.42. The Morgan fingerprint density at radius 2 is 1.89 bits per heavy atom. The molecule has 0 radical (unpaired) electrons. The van der Waals surface area contributed by atoms with Gasteiger partial charge in [0, 0.05) is 13.1 Å². The van der Waals surface area contributed by atoms with Gasteiger partial charge in [0.25, 0.3) is 0 Å². The van der Waals surface area contributed by atoms with Crippen LogP contribution in [0.25, 0.3) is 0 Å². The minimum atomic E-state index is -3.68. The number of sulfonamides is 1. The monoisotopic (exact) mass is 310 g/mol. The molecule has 2 rings (SSSR count). The highest BCUT2D eigenvalue weighted by atomic mass is 35.5. The van der Waals surface area contributed by atoms with Gasteiger partial charge in [0.2, 0.25) is 10.0 Å². The third-order valence-electron chi connectivity index (χ3n) is 2.82. The lowest BCUT2D eigenvalue weighted by atomic mass is 10.3. The molecule has 8 heteroatoms. The van der Waals surface area contributed by atoms with Gasteiger partial charge in [-0.25, -0.2) is 8.42 Å². The normalized spacial score (nSPS) is 21.4. The van der Waals surface area contributed by atoms with E-state index < -0.39 is 16.1 Å². The van der Waals surface area contributed by atoms with Gasteiger partial charge in [0.15, 0.2) is 0 Å². The standard InChI is InChI=1S/C10H12Cl2N2O3S/c11-8-3-7(4-9(12)10(8)13)18(16,17)14-2-1-6(15)5-14/h3-4,6,15H,1-2,5,13H2/t6-/m0/s1. The summed E-state index contributed by atoms with van der Waals surface area (Å²) < 4.78 is 25.7. The van der Waals surface area contributed by atoms with Crippen LogP contribution in [0.1, 0.15) is 6.42 Å². The Morgan fingerprint density at radius 1 is 1.33 bits per heavy atom. The van der Waals surface area contributed by atoms with Crippen molar-refractivity contribution in [3.05, 3.63) is 22.2 Å². The molecular formula is C10H12Cl2N2O3S. The average Bonchev–Trinajstić information content (AvgIpc) is 2.72. The molecule has 0 amide bonds. The van der Waals surface area contributed by atoms with Crippen molar-refractivity contribution in [1.82, 2.24) is 4.31 Å². The van der Waals surface area contributed by atoms with Crippen LogP contribution in [0, 0.1) is 0 Å². The summed E-state index contributed by atoms with van der Waals surface area (Å²) in [5.74, 6) is 0. The highest BCUT2D eigenvalue weighted by Gasteiger charge is 2.32. The van der Waals surface area contributed by atoms with E-state index >= 15 is 0 Å². The minimum absolute atomic E-state index is 0.0131. The van der Waals surface area contributed by atoms with E-state index in [2.05, 4.69) is 0 Å². The van der Waals surface area contributed by atoms with Gasteiger partial charge in [-0.05, 0) is 18.6 Å². The van der Waals surface area contributed by atoms with Crippen LogP contribution in [-0.4, -0.2) is 37.0 Å². The molecule has 18 heavy (non-hydrogen) atoms. The van der Waals surface area contributed by atoms with Crippen LogP contribution in [0.3, 0.4) is 0 Å². The number of anilines is 1. The van der Waals surface area contributed by atoms with E-state index in [0.717, 1.165) is 0 Å². The average molecular weight is 311 g/mol. The van der Waals surface area contributed by atoms with Crippen molar-refractivity contribution in [3.63, 3.8) is 0 Å². The zero-order chi connectivity index (χ0) is 13.5. The van der Waals surface area contributed by atoms with Crippen LogP contribution in [0.5, 0.6) is 0 Å². The first kappa shape index (κ1) is 13.9. The fraction of sp³-hybridized carbons (Fsp3) is 0.400. The Morgan fingerprint density at radius 3 is 2.33 bits per heavy atom. The molecule has 1 aromatic carbocycles. The second kappa shape index (κ2) is 4.86. The second-order valence-electron chi connectivity index (χ2n) is 4.11. The van der Waals surface area contributed by atoms with Crippen LogP contribution in [0.4, 0.5) is 5.69 Å². The molecule has 1 heterocycles. The lowest BCUT2D eigenvalue weighted by Gasteiger charge is -2.16. The summed E-state index contributed by atoms with van der Waals surface area (Å²) in [4.78, 5) is -0.0131. The first-order chi connectivity index (χ1) is 8.32. The van der Waals surface area contributed by atoms with Crippen LogP contribution >= 0.6 is 23.2 Å². The van der Waals surface area contributed by atoms with Crippen LogP contribution in [-0.2, 0) is 10.0 Å². The lowest BCUT2D eigenvalue weighted by Crippen LogP contribution is -2.29. The molecule has 0 aliphatic carbocycles. The van der Waals surface area contributed by atoms with Gasteiger partial charge in [0.05, 0.1) is 26.7 Å². The molecule has 0 aromatic heterocycles. The number of halogens is 2. The van der Waals surface area contributed by atoms with Gasteiger partial charge in [-0.1, -0.05) is 23.2 Å². The molecule has 1 aliphatic heterocycles. The molecule has 3 N–H and O–H groups in total. The van der Waals surface area contributed by atoms with Crippen molar-refractivity contribution < 1.29 is 13.5 Å². The van der Waals surface area contributed by atoms with Gasteiger partial charge >= 0.3 is 0 Å². The van der Waals surface area contributed by atoms with E-state index in [1.807, 2.05) is 0 Å². The fourth-order valence-corrected chi connectivity index (χ4v) is 3.95. The summed E-state index contributed by atoms with van der Waals surface area (Å²) in [5, 5.41) is 9.58. The summed E-state index contributed by atoms with van der Waals surface area (Å²) in [7, 11) is -3.68. The first-order valence-corrected chi connectivity index (χ1v) is 7.44. The highest BCUT2D eigenvalue weighted by molar-refractivity contribution is 7.89. The molecule has 0 unspecified atom stereocenters. The van der Waals surface area contributed by atoms with E-state index in [1.54, 1.807) is 0 Å². The van der Waals surface area contributed by atoms with Crippen LogP contribution in [0.2, 0.25) is 10.0 Å². The zero-order valence-corrected chi connectivity index (χ0v) is 11.6. The number of aliphatic hydroxyl groups excluding tert-OH is 1. The molecule has 0 spiro atoms. The predicted octanol–water partition coefficient (Wildman–Crippen LogP) is 1.33. The molecule has 1 atom stereocenters. The largest absolute Gasteiger partial charge is 0.396 e. The third-order valence-corrected chi connectivity index (χ3v) is 5.28. The highest BCUT2D eigenvalue weighted by Crippen LogP contribution is 2.32. The smallest absolute Gasteiger partial charge is 0.243 e. The van der Waals surface area contributed by atoms with Crippen molar-refractivity contribution in [2.24, 2.45) is 0 Å². The maximum atomic E-state index is 12.3. The maximum Gasteiger partial charge on any atom is 0.243 e. The molecule has 0 saturated carbocycles. The first-order valence-electron chi connectivity index (χ1n) is 5.25. The fourth-order valence-electron chi connectivity index (χ4n) is 1.79. The van der Waals surface area contributed by atoms with Gasteiger partial charge < -0.3 is 10.8 Å². The van der Waals surface area contributed by atoms with E-state index in [4.69, 9.17) is 28.9 Å². The van der Waals surface area contributed by atoms with Gasteiger partial charge in [-0.15, -0.1) is 0 Å². The number of rotatable bonds is 2. The number of nitrogens with two attached hydrogens (primary N) is 1. The number of β-amino-alcohol motifs (C(OH)–C–C–N with tert-alkyl or cyclic N) is 1. The quantitative estimate of drug-likeness (QED) is 0.807. The molecule has 100 valence electrons. The lowest BCUT2D eigenvalue weighted by molar-refractivity contribution is 0.189. The Labute approximate surface area is 115 Å². The van der Waals surface area contributed by atoms with Crippen LogP contribution < -0.4 is 5.73 Å². The molecule has 1 aliphatic rings. The number of hydrogen-bond acceptors (Lipinski definition) is 4. The Bertz CT molecular complexity index is 553. The number of benzene rings is 1. The third kappa shape index (κ3) is 2.44. The summed E-state index contributed by atoms with van der Waals surface area (Å²) in [6.45, 7) is 0.366. The molecular weight excluding hydrogens is 299 g/mol. The van der Waals surface area contributed by atoms with Crippen LogP contribution in [0.15, 0.2) is 17.0 Å². The van der Waals surface area contributed by atoms with Crippen molar-refractivity contribution in [2.45, 2.75) is 17.4 Å². The van der Waals surface area contributed by atoms with Gasteiger partial charge in [0.1, 0.15) is 0 Å². The summed E-state index contributed by atoms with van der Waals surface area (Å²) in [6, 6.07) is 2.53. The van der Waals surface area contributed by atoms with E-state index in [-0.39, 0.29) is 33.7 Å². The number of nitrogen functional groups attached to an aromatic ring is 1.